The van der Waals surface area contributed by atoms with Crippen LogP contribution in [-0.2, 0) is 9.53 Å². The van der Waals surface area contributed by atoms with Crippen LogP contribution < -0.4 is 5.73 Å². The molecular formula is C9H18N2O2. The van der Waals surface area contributed by atoms with Crippen LogP contribution in [-0.4, -0.2) is 23.8 Å². The zero-order valence-electron chi connectivity index (χ0n) is 8.46. The Kier molecular flexibility index (Phi) is 4.62. The smallest absolute Gasteiger partial charge is 0.326 e. The Bertz CT molecular complexity index is 190. The number of hydrogen-bond acceptors (Lipinski definition) is 4. The fourth-order valence-electron chi connectivity index (χ4n) is 0.676. The summed E-state index contributed by atoms with van der Waals surface area (Å²) in [5.74, 6) is -0.399. The summed E-state index contributed by atoms with van der Waals surface area (Å²) in [6.45, 7) is 5.23. The molecule has 76 valence electrons. The number of carbonyl (C=O) groups excluding carboxylic acids is 1. The number of esters is 1. The summed E-state index contributed by atoms with van der Waals surface area (Å²) < 4.78 is 5.03. The van der Waals surface area contributed by atoms with Crippen LogP contribution in [0.3, 0.4) is 0 Å². The van der Waals surface area contributed by atoms with Crippen molar-refractivity contribution in [3.05, 3.63) is 0 Å². The van der Waals surface area contributed by atoms with Crippen LogP contribution in [0.25, 0.3) is 0 Å². The molecule has 0 bridgehead atoms. The van der Waals surface area contributed by atoms with E-state index in [1.54, 1.807) is 13.8 Å². The quantitative estimate of drug-likeness (QED) is 0.498. The van der Waals surface area contributed by atoms with Gasteiger partial charge in [0, 0.05) is 6.42 Å². The molecule has 0 aromatic carbocycles. The average molecular weight is 186 g/mol. The topological polar surface area (TPSA) is 76.2 Å². The highest BCUT2D eigenvalue weighted by Gasteiger charge is 2.28. The summed E-state index contributed by atoms with van der Waals surface area (Å²) in [6, 6.07) is 0. The van der Waals surface area contributed by atoms with E-state index in [1.165, 1.54) is 6.21 Å². The van der Waals surface area contributed by atoms with Crippen molar-refractivity contribution in [2.45, 2.75) is 45.3 Å². The fraction of sp³-hybridized carbons (Fsp3) is 0.778. The van der Waals surface area contributed by atoms with E-state index in [2.05, 4.69) is 0 Å². The van der Waals surface area contributed by atoms with Gasteiger partial charge < -0.3 is 15.9 Å². The largest absolute Gasteiger partial charge is 0.461 e. The summed E-state index contributed by atoms with van der Waals surface area (Å²) in [5, 5.41) is 6.83. The van der Waals surface area contributed by atoms with Crippen molar-refractivity contribution in [3.63, 3.8) is 0 Å². The summed E-state index contributed by atoms with van der Waals surface area (Å²) >= 11 is 0. The standard InChI is InChI=1S/C9H18N2O2/c1-4-9(3,11)8(12)13-7(2)5-6-10/h6-7,10H,4-5,11H2,1-3H3/t7-,9?/m0/s1. The zero-order chi connectivity index (χ0) is 10.5. The second kappa shape index (κ2) is 4.97. The molecule has 0 spiro atoms. The predicted octanol–water partition coefficient (Wildman–Crippen LogP) is 1.09. The molecular weight excluding hydrogens is 168 g/mol. The predicted molar refractivity (Wildman–Crippen MR) is 51.8 cm³/mol. The molecule has 4 heteroatoms. The molecule has 0 aromatic heterocycles. The van der Waals surface area contributed by atoms with Crippen LogP contribution in [0.15, 0.2) is 0 Å². The first-order valence-electron chi connectivity index (χ1n) is 4.43. The number of nitrogens with one attached hydrogen (secondary N) is 1. The van der Waals surface area contributed by atoms with E-state index < -0.39 is 11.5 Å². The van der Waals surface area contributed by atoms with E-state index in [-0.39, 0.29) is 6.10 Å². The minimum absolute atomic E-state index is 0.264. The summed E-state index contributed by atoms with van der Waals surface area (Å²) in [7, 11) is 0. The van der Waals surface area contributed by atoms with Gasteiger partial charge in [0.2, 0.25) is 0 Å². The van der Waals surface area contributed by atoms with E-state index in [1.807, 2.05) is 6.92 Å². The third-order valence-electron chi connectivity index (χ3n) is 1.96. The van der Waals surface area contributed by atoms with Gasteiger partial charge in [0.15, 0.2) is 0 Å². The molecule has 1 unspecified atom stereocenters. The molecule has 0 aliphatic carbocycles. The van der Waals surface area contributed by atoms with E-state index in [9.17, 15) is 4.79 Å². The highest BCUT2D eigenvalue weighted by molar-refractivity contribution is 5.80. The first-order chi connectivity index (χ1) is 5.94. The number of hydrogen-bond donors (Lipinski definition) is 2. The van der Waals surface area contributed by atoms with E-state index in [4.69, 9.17) is 15.9 Å². The second-order valence-electron chi connectivity index (χ2n) is 3.43. The second-order valence-corrected chi connectivity index (χ2v) is 3.43. The van der Waals surface area contributed by atoms with E-state index in [0.29, 0.717) is 12.8 Å². The molecule has 0 saturated heterocycles. The molecule has 0 heterocycles. The summed E-state index contributed by atoms with van der Waals surface area (Å²) in [5.41, 5.74) is 4.77. The van der Waals surface area contributed by atoms with Crippen molar-refractivity contribution in [2.75, 3.05) is 0 Å². The molecule has 0 aliphatic rings. The SMILES string of the molecule is CCC(C)(N)C(=O)O[C@@H](C)CC=N. The van der Waals surface area contributed by atoms with Crippen LogP contribution in [0.2, 0.25) is 0 Å². The lowest BCUT2D eigenvalue weighted by Gasteiger charge is -2.22. The Morgan fingerprint density at radius 3 is 2.69 bits per heavy atom. The Hall–Kier alpha value is -0.900. The number of carbonyl (C=O) groups is 1. The van der Waals surface area contributed by atoms with Gasteiger partial charge in [-0.1, -0.05) is 6.92 Å². The van der Waals surface area contributed by atoms with Crippen LogP contribution in [0.5, 0.6) is 0 Å². The Morgan fingerprint density at radius 2 is 2.31 bits per heavy atom. The third kappa shape index (κ3) is 4.03. The normalized spacial score (nSPS) is 17.2. The van der Waals surface area contributed by atoms with Crippen LogP contribution >= 0.6 is 0 Å². The Balaban J connectivity index is 4.06. The van der Waals surface area contributed by atoms with Gasteiger partial charge in [-0.2, -0.15) is 0 Å². The van der Waals surface area contributed by atoms with Crippen LogP contribution in [0, 0.1) is 5.41 Å². The molecule has 2 atom stereocenters. The highest BCUT2D eigenvalue weighted by atomic mass is 16.5. The van der Waals surface area contributed by atoms with Crippen molar-refractivity contribution in [3.8, 4) is 0 Å². The van der Waals surface area contributed by atoms with Crippen molar-refractivity contribution < 1.29 is 9.53 Å². The molecule has 0 aliphatic heterocycles. The van der Waals surface area contributed by atoms with Gasteiger partial charge in [0.25, 0.3) is 0 Å². The molecule has 3 N–H and O–H groups in total. The van der Waals surface area contributed by atoms with Gasteiger partial charge in [0.1, 0.15) is 11.6 Å². The van der Waals surface area contributed by atoms with Gasteiger partial charge in [-0.3, -0.25) is 4.79 Å². The molecule has 4 nitrogen and oxygen atoms in total. The molecule has 13 heavy (non-hydrogen) atoms. The molecule has 0 rings (SSSR count). The first-order valence-corrected chi connectivity index (χ1v) is 4.43. The molecule has 0 fully saturated rings. The summed E-state index contributed by atoms with van der Waals surface area (Å²) in [6.07, 6.45) is 1.94. The summed E-state index contributed by atoms with van der Waals surface area (Å²) in [4.78, 5) is 11.4. The number of ether oxygens (including phenoxy) is 1. The lowest BCUT2D eigenvalue weighted by atomic mass is 10.0. The maximum Gasteiger partial charge on any atom is 0.326 e. The minimum Gasteiger partial charge on any atom is -0.461 e. The molecule has 0 amide bonds. The fourth-order valence-corrected chi connectivity index (χ4v) is 0.676. The molecule has 0 saturated carbocycles. The lowest BCUT2D eigenvalue weighted by molar-refractivity contribution is -0.153. The zero-order valence-corrected chi connectivity index (χ0v) is 8.46. The van der Waals surface area contributed by atoms with E-state index >= 15 is 0 Å². The number of nitrogens with two attached hydrogens (primary N) is 1. The molecule has 0 aromatic rings. The van der Waals surface area contributed by atoms with Crippen LogP contribution in [0.1, 0.15) is 33.6 Å². The molecule has 0 radical (unpaired) electrons. The van der Waals surface area contributed by atoms with Gasteiger partial charge in [0.05, 0.1) is 0 Å². The van der Waals surface area contributed by atoms with Gasteiger partial charge in [-0.15, -0.1) is 0 Å². The van der Waals surface area contributed by atoms with Crippen molar-refractivity contribution in [1.82, 2.24) is 0 Å². The van der Waals surface area contributed by atoms with Gasteiger partial charge >= 0.3 is 5.97 Å². The van der Waals surface area contributed by atoms with Crippen molar-refractivity contribution >= 4 is 12.2 Å². The van der Waals surface area contributed by atoms with Crippen LogP contribution in [0.4, 0.5) is 0 Å². The Labute approximate surface area is 79.0 Å². The minimum atomic E-state index is -0.906. The Morgan fingerprint density at radius 1 is 1.77 bits per heavy atom. The van der Waals surface area contributed by atoms with Crippen molar-refractivity contribution in [1.29, 1.82) is 5.41 Å². The monoisotopic (exact) mass is 186 g/mol. The van der Waals surface area contributed by atoms with Crippen molar-refractivity contribution in [2.24, 2.45) is 5.73 Å². The van der Waals surface area contributed by atoms with Gasteiger partial charge in [-0.25, -0.2) is 0 Å². The lowest BCUT2D eigenvalue weighted by Crippen LogP contribution is -2.46. The maximum atomic E-state index is 11.4. The number of rotatable bonds is 5. The highest BCUT2D eigenvalue weighted by Crippen LogP contribution is 2.09. The third-order valence-corrected chi connectivity index (χ3v) is 1.96. The van der Waals surface area contributed by atoms with Gasteiger partial charge in [-0.05, 0) is 26.5 Å². The first kappa shape index (κ1) is 12.1. The maximum absolute atomic E-state index is 11.4. The average Bonchev–Trinajstić information content (AvgIpc) is 2.04. The van der Waals surface area contributed by atoms with E-state index in [0.717, 1.165) is 0 Å².